The molecule has 1 amide bonds. The van der Waals surface area contributed by atoms with Gasteiger partial charge in [0.2, 0.25) is 0 Å². The van der Waals surface area contributed by atoms with E-state index in [1.54, 1.807) is 4.90 Å². The van der Waals surface area contributed by atoms with E-state index in [-0.39, 0.29) is 23.2 Å². The van der Waals surface area contributed by atoms with Crippen LogP contribution in [-0.4, -0.2) is 48.7 Å². The van der Waals surface area contributed by atoms with E-state index in [0.717, 1.165) is 54.3 Å². The van der Waals surface area contributed by atoms with Gasteiger partial charge in [0, 0.05) is 25.9 Å². The number of rotatable bonds is 5. The first kappa shape index (κ1) is 28.1. The molecule has 7 nitrogen and oxygen atoms in total. The second kappa shape index (κ2) is 10.8. The van der Waals surface area contributed by atoms with Crippen molar-refractivity contribution in [3.8, 4) is 16.9 Å². The predicted molar refractivity (Wildman–Crippen MR) is 151 cm³/mol. The van der Waals surface area contributed by atoms with Crippen molar-refractivity contribution < 1.29 is 27.1 Å². The highest BCUT2D eigenvalue weighted by Gasteiger charge is 2.41. The number of piperidine rings is 1. The van der Waals surface area contributed by atoms with Crippen LogP contribution in [0, 0.1) is 5.82 Å². The Labute approximate surface area is 235 Å². The van der Waals surface area contributed by atoms with Gasteiger partial charge in [-0.25, -0.2) is 17.6 Å². The largest absolute Gasteiger partial charge is 0.487 e. The summed E-state index contributed by atoms with van der Waals surface area (Å²) in [4.78, 5) is 18.1. The van der Waals surface area contributed by atoms with Gasteiger partial charge >= 0.3 is 6.09 Å². The maximum atomic E-state index is 13.1. The molecule has 5 rings (SSSR count). The molecule has 0 atom stereocenters. The minimum absolute atomic E-state index is 0.113. The normalized spacial score (nSPS) is 16.8. The summed E-state index contributed by atoms with van der Waals surface area (Å²) in [6.07, 6.45) is 4.09. The van der Waals surface area contributed by atoms with E-state index in [4.69, 9.17) is 9.47 Å². The summed E-state index contributed by atoms with van der Waals surface area (Å²) >= 11 is 0. The standard InChI is InChI=1S/C31H35FN2O5S/c1-30(2,3)39-29(35)34-16-14-31(15-17-34)13-12-25-18-24(8-11-28(25)38-31)23-6-4-22(5-7-23)20-40(36,37)21-27-10-9-26(32)19-33-27/h4-11,18-19H,12-17,20-21H2,1-3H3. The molecule has 0 bridgehead atoms. The van der Waals surface area contributed by atoms with Crippen molar-refractivity contribution in [3.63, 3.8) is 0 Å². The van der Waals surface area contributed by atoms with Crippen molar-refractivity contribution in [3.05, 3.63) is 83.4 Å². The van der Waals surface area contributed by atoms with Gasteiger partial charge in [-0.05, 0) is 80.1 Å². The number of hydrogen-bond donors (Lipinski definition) is 0. The molecule has 2 aliphatic rings. The van der Waals surface area contributed by atoms with Crippen LogP contribution in [0.3, 0.4) is 0 Å². The SMILES string of the molecule is CC(C)(C)OC(=O)N1CCC2(CCc3cc(-c4ccc(CS(=O)(=O)Cc5ccc(F)cn5)cc4)ccc3O2)CC1. The summed E-state index contributed by atoms with van der Waals surface area (Å²) in [5.41, 5.74) is 3.43. The van der Waals surface area contributed by atoms with Crippen molar-refractivity contribution >= 4 is 15.9 Å². The Morgan fingerprint density at radius 1 is 1.00 bits per heavy atom. The van der Waals surface area contributed by atoms with Crippen LogP contribution in [-0.2, 0) is 32.5 Å². The molecule has 3 aromatic rings. The first-order valence-corrected chi connectivity index (χ1v) is 15.4. The molecule has 2 aromatic carbocycles. The van der Waals surface area contributed by atoms with Crippen LogP contribution in [0.5, 0.6) is 5.75 Å². The summed E-state index contributed by atoms with van der Waals surface area (Å²) in [7, 11) is -3.45. The molecule has 0 aliphatic carbocycles. The zero-order chi connectivity index (χ0) is 28.5. The Bertz CT molecular complexity index is 1470. The molecule has 212 valence electrons. The number of hydrogen-bond acceptors (Lipinski definition) is 6. The number of benzene rings is 2. The van der Waals surface area contributed by atoms with Crippen molar-refractivity contribution in [2.75, 3.05) is 13.1 Å². The Balaban J connectivity index is 1.20. The van der Waals surface area contributed by atoms with E-state index in [2.05, 4.69) is 11.1 Å². The number of fused-ring (bicyclic) bond motifs is 1. The molecule has 9 heteroatoms. The molecule has 0 unspecified atom stereocenters. The molecule has 0 radical (unpaired) electrons. The van der Waals surface area contributed by atoms with E-state index in [9.17, 15) is 17.6 Å². The molecule has 1 aromatic heterocycles. The number of carbonyl (C=O) groups is 1. The van der Waals surface area contributed by atoms with Crippen molar-refractivity contribution in [2.24, 2.45) is 0 Å². The number of aromatic nitrogens is 1. The summed E-state index contributed by atoms with van der Waals surface area (Å²) < 4.78 is 50.4. The number of amides is 1. The van der Waals surface area contributed by atoms with Crippen molar-refractivity contribution in [2.45, 2.75) is 69.2 Å². The minimum Gasteiger partial charge on any atom is -0.487 e. The molecule has 1 fully saturated rings. The van der Waals surface area contributed by atoms with Crippen LogP contribution in [0.4, 0.5) is 9.18 Å². The van der Waals surface area contributed by atoms with E-state index in [1.807, 2.05) is 57.2 Å². The molecular formula is C31H35FN2O5S. The highest BCUT2D eigenvalue weighted by molar-refractivity contribution is 7.89. The fourth-order valence-corrected chi connectivity index (χ4v) is 6.72. The fraction of sp³-hybridized carbons (Fsp3) is 0.419. The fourth-order valence-electron chi connectivity index (χ4n) is 5.29. The van der Waals surface area contributed by atoms with Crippen LogP contribution < -0.4 is 4.74 Å². The van der Waals surface area contributed by atoms with Gasteiger partial charge in [0.1, 0.15) is 22.8 Å². The second-order valence-electron chi connectivity index (χ2n) is 11.8. The lowest BCUT2D eigenvalue weighted by molar-refractivity contribution is -0.0272. The van der Waals surface area contributed by atoms with Gasteiger partial charge in [0.25, 0.3) is 0 Å². The smallest absolute Gasteiger partial charge is 0.410 e. The average molecular weight is 567 g/mol. The summed E-state index contributed by atoms with van der Waals surface area (Å²) in [5.74, 6) is 0.0430. The maximum absolute atomic E-state index is 13.1. The third-order valence-electron chi connectivity index (χ3n) is 7.39. The van der Waals surface area contributed by atoms with Gasteiger partial charge in [-0.2, -0.15) is 0 Å². The van der Waals surface area contributed by atoms with E-state index in [0.29, 0.717) is 24.3 Å². The minimum atomic E-state index is -3.45. The first-order chi connectivity index (χ1) is 18.9. The monoisotopic (exact) mass is 566 g/mol. The highest BCUT2D eigenvalue weighted by atomic mass is 32.2. The third-order valence-corrected chi connectivity index (χ3v) is 8.90. The Morgan fingerprint density at radius 2 is 1.70 bits per heavy atom. The number of aryl methyl sites for hydroxylation is 1. The molecule has 3 heterocycles. The summed E-state index contributed by atoms with van der Waals surface area (Å²) in [5, 5.41) is 0. The Morgan fingerprint density at radius 3 is 2.35 bits per heavy atom. The van der Waals surface area contributed by atoms with Gasteiger partial charge in [-0.15, -0.1) is 0 Å². The van der Waals surface area contributed by atoms with Gasteiger partial charge in [0.15, 0.2) is 9.84 Å². The lowest BCUT2D eigenvalue weighted by atomic mass is 9.82. The zero-order valence-corrected chi connectivity index (χ0v) is 24.0. The van der Waals surface area contributed by atoms with E-state index in [1.165, 1.54) is 12.1 Å². The first-order valence-electron chi connectivity index (χ1n) is 13.6. The number of nitrogens with zero attached hydrogens (tertiary/aromatic N) is 2. The number of ether oxygens (including phenoxy) is 2. The van der Waals surface area contributed by atoms with E-state index < -0.39 is 21.3 Å². The van der Waals surface area contributed by atoms with Crippen molar-refractivity contribution in [1.82, 2.24) is 9.88 Å². The summed E-state index contributed by atoms with van der Waals surface area (Å²) in [6.45, 7) is 6.86. The topological polar surface area (TPSA) is 85.8 Å². The van der Waals surface area contributed by atoms with Gasteiger partial charge < -0.3 is 14.4 Å². The van der Waals surface area contributed by atoms with Crippen molar-refractivity contribution in [1.29, 1.82) is 0 Å². The average Bonchev–Trinajstić information content (AvgIpc) is 2.89. The van der Waals surface area contributed by atoms with Crippen LogP contribution >= 0.6 is 0 Å². The molecule has 40 heavy (non-hydrogen) atoms. The van der Waals surface area contributed by atoms with Crippen LogP contribution in [0.2, 0.25) is 0 Å². The molecule has 1 spiro atoms. The van der Waals surface area contributed by atoms with Crippen LogP contribution in [0.25, 0.3) is 11.1 Å². The molecule has 1 saturated heterocycles. The molecule has 2 aliphatic heterocycles. The Kier molecular flexibility index (Phi) is 7.61. The van der Waals surface area contributed by atoms with Crippen LogP contribution in [0.15, 0.2) is 60.8 Å². The number of carbonyl (C=O) groups excluding carboxylic acids is 1. The van der Waals surface area contributed by atoms with Gasteiger partial charge in [-0.1, -0.05) is 30.3 Å². The lowest BCUT2D eigenvalue weighted by Gasteiger charge is -2.44. The van der Waals surface area contributed by atoms with Gasteiger partial charge in [-0.3, -0.25) is 4.98 Å². The maximum Gasteiger partial charge on any atom is 0.410 e. The third kappa shape index (κ3) is 6.81. The molecular weight excluding hydrogens is 531 g/mol. The number of sulfone groups is 1. The van der Waals surface area contributed by atoms with Gasteiger partial charge in [0.05, 0.1) is 23.4 Å². The number of likely N-dealkylation sites (tertiary alicyclic amines) is 1. The number of pyridine rings is 1. The zero-order valence-electron chi connectivity index (χ0n) is 23.2. The predicted octanol–water partition coefficient (Wildman–Crippen LogP) is 6.10. The second-order valence-corrected chi connectivity index (χ2v) is 13.8. The molecule has 0 saturated carbocycles. The number of halogens is 1. The Hall–Kier alpha value is -3.46. The highest BCUT2D eigenvalue weighted by Crippen LogP contribution is 2.41. The lowest BCUT2D eigenvalue weighted by Crippen LogP contribution is -2.52. The quantitative estimate of drug-likeness (QED) is 0.371. The van der Waals surface area contributed by atoms with Crippen LogP contribution in [0.1, 0.15) is 56.9 Å². The summed E-state index contributed by atoms with van der Waals surface area (Å²) in [6, 6.07) is 16.3. The van der Waals surface area contributed by atoms with E-state index >= 15 is 0 Å². The molecule has 0 N–H and O–H groups in total.